The number of nitrogens with zero attached hydrogens (tertiary/aromatic N) is 1. The first-order chi connectivity index (χ1) is 13.4. The lowest BCUT2D eigenvalue weighted by molar-refractivity contribution is 0.102. The second-order valence-electron chi connectivity index (χ2n) is 5.79. The van der Waals surface area contributed by atoms with Crippen molar-refractivity contribution in [1.82, 2.24) is 0 Å². The molecule has 0 aliphatic heterocycles. The van der Waals surface area contributed by atoms with E-state index in [1.165, 1.54) is 30.3 Å². The highest BCUT2D eigenvalue weighted by atomic mass is 35.5. The fourth-order valence-corrected chi connectivity index (χ4v) is 3.64. The number of carbonyl (C=O) groups excluding carboxylic acids is 1. The quantitative estimate of drug-likeness (QED) is 0.655. The molecule has 28 heavy (non-hydrogen) atoms. The summed E-state index contributed by atoms with van der Waals surface area (Å²) in [6.45, 7) is 0. The van der Waals surface area contributed by atoms with Gasteiger partial charge in [-0.25, -0.2) is 8.42 Å². The van der Waals surface area contributed by atoms with E-state index in [2.05, 4.69) is 10.0 Å². The Morgan fingerprint density at radius 3 is 2.36 bits per heavy atom. The van der Waals surface area contributed by atoms with Crippen LogP contribution in [0.1, 0.15) is 15.9 Å². The van der Waals surface area contributed by atoms with Crippen LogP contribution in [0.2, 0.25) is 5.02 Å². The van der Waals surface area contributed by atoms with Crippen molar-refractivity contribution in [3.8, 4) is 6.07 Å². The van der Waals surface area contributed by atoms with Gasteiger partial charge in [0.15, 0.2) is 0 Å². The van der Waals surface area contributed by atoms with E-state index in [1.54, 1.807) is 42.5 Å². The number of carbonyl (C=O) groups is 1. The van der Waals surface area contributed by atoms with Gasteiger partial charge in [-0.1, -0.05) is 23.7 Å². The van der Waals surface area contributed by atoms with Gasteiger partial charge in [0.2, 0.25) is 0 Å². The molecular weight excluding hydrogens is 398 g/mol. The van der Waals surface area contributed by atoms with Gasteiger partial charge in [-0.2, -0.15) is 5.26 Å². The largest absolute Gasteiger partial charge is 0.322 e. The molecule has 140 valence electrons. The van der Waals surface area contributed by atoms with Gasteiger partial charge in [0.25, 0.3) is 15.9 Å². The van der Waals surface area contributed by atoms with Gasteiger partial charge < -0.3 is 5.32 Å². The molecule has 0 aliphatic rings. The summed E-state index contributed by atoms with van der Waals surface area (Å²) in [5.41, 5.74) is 1.37. The first kappa shape index (κ1) is 19.4. The molecule has 0 aromatic heterocycles. The van der Waals surface area contributed by atoms with Gasteiger partial charge in [-0.05, 0) is 60.7 Å². The highest BCUT2D eigenvalue weighted by molar-refractivity contribution is 7.92. The summed E-state index contributed by atoms with van der Waals surface area (Å²) in [5.74, 6) is -0.487. The lowest BCUT2D eigenvalue weighted by Crippen LogP contribution is -2.16. The summed E-state index contributed by atoms with van der Waals surface area (Å²) in [6, 6.07) is 20.3. The summed E-state index contributed by atoms with van der Waals surface area (Å²) < 4.78 is 27.6. The molecule has 2 N–H and O–H groups in total. The van der Waals surface area contributed by atoms with Crippen molar-refractivity contribution in [3.05, 3.63) is 88.9 Å². The molecule has 0 spiro atoms. The molecule has 1 amide bonds. The van der Waals surface area contributed by atoms with Gasteiger partial charge in [-0.3, -0.25) is 9.52 Å². The molecule has 0 unspecified atom stereocenters. The van der Waals surface area contributed by atoms with Crippen LogP contribution in [0.4, 0.5) is 11.4 Å². The van der Waals surface area contributed by atoms with E-state index in [9.17, 15) is 13.2 Å². The Morgan fingerprint density at radius 1 is 0.929 bits per heavy atom. The van der Waals surface area contributed by atoms with Crippen molar-refractivity contribution in [2.45, 2.75) is 4.90 Å². The molecule has 3 aromatic carbocycles. The highest BCUT2D eigenvalue weighted by Gasteiger charge is 2.17. The average Bonchev–Trinajstić information content (AvgIpc) is 2.70. The maximum absolute atomic E-state index is 12.6. The van der Waals surface area contributed by atoms with Gasteiger partial charge >= 0.3 is 0 Å². The minimum atomic E-state index is -3.88. The van der Waals surface area contributed by atoms with Gasteiger partial charge in [0.1, 0.15) is 0 Å². The number of halogens is 1. The minimum absolute atomic E-state index is 0.0547. The Kier molecular flexibility index (Phi) is 5.64. The molecule has 3 rings (SSSR count). The maximum atomic E-state index is 12.6. The van der Waals surface area contributed by atoms with E-state index in [1.807, 2.05) is 6.07 Å². The number of rotatable bonds is 5. The highest BCUT2D eigenvalue weighted by Crippen LogP contribution is 2.20. The molecule has 0 saturated heterocycles. The van der Waals surface area contributed by atoms with Gasteiger partial charge in [0, 0.05) is 22.0 Å². The number of amides is 1. The topological polar surface area (TPSA) is 99.1 Å². The molecule has 3 aromatic rings. The van der Waals surface area contributed by atoms with Crippen LogP contribution in [0.5, 0.6) is 0 Å². The zero-order chi connectivity index (χ0) is 20.1. The molecule has 6 nitrogen and oxygen atoms in total. The standard InChI is InChI=1S/C20H14ClN3O3S/c21-16-7-9-17(10-8-16)24-28(26,27)19-6-2-4-15(12-19)20(25)23-18-5-1-3-14(11-18)13-22/h1-12,24H,(H,23,25). The maximum Gasteiger partial charge on any atom is 0.261 e. The van der Waals surface area contributed by atoms with Crippen LogP contribution in [0.15, 0.2) is 77.7 Å². The van der Waals surface area contributed by atoms with E-state index < -0.39 is 15.9 Å². The van der Waals surface area contributed by atoms with Crippen LogP contribution in [0.25, 0.3) is 0 Å². The lowest BCUT2D eigenvalue weighted by Gasteiger charge is -2.10. The predicted molar refractivity (Wildman–Crippen MR) is 108 cm³/mol. The third-order valence-corrected chi connectivity index (χ3v) is 5.38. The Labute approximate surface area is 167 Å². The second-order valence-corrected chi connectivity index (χ2v) is 7.91. The zero-order valence-electron chi connectivity index (χ0n) is 14.4. The van der Waals surface area contributed by atoms with Crippen molar-refractivity contribution in [2.75, 3.05) is 10.0 Å². The van der Waals surface area contributed by atoms with E-state index in [4.69, 9.17) is 16.9 Å². The number of sulfonamides is 1. The Hall–Kier alpha value is -3.34. The third-order valence-electron chi connectivity index (χ3n) is 3.75. The predicted octanol–water partition coefficient (Wildman–Crippen LogP) is 4.26. The van der Waals surface area contributed by atoms with Crippen molar-refractivity contribution in [2.24, 2.45) is 0 Å². The number of nitrogens with one attached hydrogen (secondary N) is 2. The fraction of sp³-hybridized carbons (Fsp3) is 0. The molecule has 0 heterocycles. The number of hydrogen-bond donors (Lipinski definition) is 2. The Balaban J connectivity index is 1.81. The van der Waals surface area contributed by atoms with E-state index in [0.29, 0.717) is 22.0 Å². The van der Waals surface area contributed by atoms with Gasteiger partial charge in [0.05, 0.1) is 16.5 Å². The smallest absolute Gasteiger partial charge is 0.261 e. The lowest BCUT2D eigenvalue weighted by atomic mass is 10.2. The first-order valence-electron chi connectivity index (χ1n) is 8.07. The number of hydrogen-bond acceptors (Lipinski definition) is 4. The van der Waals surface area contributed by atoms with E-state index >= 15 is 0 Å². The number of nitriles is 1. The number of benzene rings is 3. The van der Waals surface area contributed by atoms with Crippen molar-refractivity contribution in [1.29, 1.82) is 5.26 Å². The van der Waals surface area contributed by atoms with Crippen LogP contribution in [0.3, 0.4) is 0 Å². The van der Waals surface area contributed by atoms with Crippen LogP contribution < -0.4 is 10.0 Å². The van der Waals surface area contributed by atoms with Crippen molar-refractivity contribution < 1.29 is 13.2 Å². The summed E-state index contributed by atoms with van der Waals surface area (Å²) in [4.78, 5) is 12.4. The molecular formula is C20H14ClN3O3S. The first-order valence-corrected chi connectivity index (χ1v) is 9.93. The Bertz CT molecular complexity index is 1170. The molecule has 0 saturated carbocycles. The number of anilines is 2. The summed E-state index contributed by atoms with van der Waals surface area (Å²) in [7, 11) is -3.88. The molecule has 0 aliphatic carbocycles. The second kappa shape index (κ2) is 8.13. The summed E-state index contributed by atoms with van der Waals surface area (Å²) in [5, 5.41) is 12.1. The average molecular weight is 412 g/mol. The van der Waals surface area contributed by atoms with Gasteiger partial charge in [-0.15, -0.1) is 0 Å². The van der Waals surface area contributed by atoms with E-state index in [0.717, 1.165) is 0 Å². The van der Waals surface area contributed by atoms with Crippen molar-refractivity contribution in [3.63, 3.8) is 0 Å². The monoisotopic (exact) mass is 411 g/mol. The van der Waals surface area contributed by atoms with Crippen LogP contribution in [-0.2, 0) is 10.0 Å². The molecule has 0 radical (unpaired) electrons. The normalized spacial score (nSPS) is 10.7. The minimum Gasteiger partial charge on any atom is -0.322 e. The molecule has 0 fully saturated rings. The third kappa shape index (κ3) is 4.68. The van der Waals surface area contributed by atoms with Crippen LogP contribution in [-0.4, -0.2) is 14.3 Å². The fourth-order valence-electron chi connectivity index (χ4n) is 2.41. The molecule has 0 bridgehead atoms. The summed E-state index contributed by atoms with van der Waals surface area (Å²) >= 11 is 5.80. The molecule has 0 atom stereocenters. The molecule has 8 heteroatoms. The summed E-state index contributed by atoms with van der Waals surface area (Å²) in [6.07, 6.45) is 0. The van der Waals surface area contributed by atoms with E-state index in [-0.39, 0.29) is 10.5 Å². The zero-order valence-corrected chi connectivity index (χ0v) is 16.0. The van der Waals surface area contributed by atoms with Crippen molar-refractivity contribution >= 4 is 38.9 Å². The SMILES string of the molecule is N#Cc1cccc(NC(=O)c2cccc(S(=O)(=O)Nc3ccc(Cl)cc3)c2)c1. The van der Waals surface area contributed by atoms with Crippen LogP contribution >= 0.6 is 11.6 Å². The van der Waals surface area contributed by atoms with Crippen LogP contribution in [0, 0.1) is 11.3 Å². The Morgan fingerprint density at radius 2 is 1.64 bits per heavy atom.